The maximum atomic E-state index is 12.2. The van der Waals surface area contributed by atoms with Crippen molar-refractivity contribution in [1.82, 2.24) is 10.2 Å². The number of nitrogens with one attached hydrogen (secondary N) is 1. The lowest BCUT2D eigenvalue weighted by Gasteiger charge is -2.33. The molecule has 1 heterocycles. The minimum absolute atomic E-state index is 0.129. The number of hydrogen-bond donors (Lipinski definition) is 1. The molecular formula is C15H20N2O3. The Kier molecular flexibility index (Phi) is 4.98. The molecule has 1 fully saturated rings. The van der Waals surface area contributed by atoms with Gasteiger partial charge in [-0.15, -0.1) is 0 Å². The van der Waals surface area contributed by atoms with Crippen LogP contribution in [0.2, 0.25) is 0 Å². The normalized spacial score (nSPS) is 16.4. The van der Waals surface area contributed by atoms with Gasteiger partial charge in [0.05, 0.1) is 6.61 Å². The molecule has 2 rings (SSSR count). The van der Waals surface area contributed by atoms with Crippen molar-refractivity contribution >= 4 is 12.0 Å². The predicted molar refractivity (Wildman–Crippen MR) is 75.3 cm³/mol. The zero-order valence-corrected chi connectivity index (χ0v) is 11.7. The van der Waals surface area contributed by atoms with Gasteiger partial charge in [-0.05, 0) is 18.9 Å². The Labute approximate surface area is 118 Å². The molecule has 108 valence electrons. The highest BCUT2D eigenvalue weighted by Crippen LogP contribution is 2.14. The molecule has 5 heteroatoms. The van der Waals surface area contributed by atoms with Crippen LogP contribution in [-0.2, 0) is 16.0 Å². The highest BCUT2D eigenvalue weighted by molar-refractivity contribution is 5.86. The quantitative estimate of drug-likeness (QED) is 0.888. The largest absolute Gasteiger partial charge is 0.449 e. The van der Waals surface area contributed by atoms with Crippen LogP contribution in [-0.4, -0.2) is 42.6 Å². The van der Waals surface area contributed by atoms with Gasteiger partial charge in [0.2, 0.25) is 5.91 Å². The first-order valence-corrected chi connectivity index (χ1v) is 6.97. The topological polar surface area (TPSA) is 58.6 Å². The fourth-order valence-corrected chi connectivity index (χ4v) is 2.33. The molecule has 0 spiro atoms. The number of carbonyl (C=O) groups excluding carboxylic acids is 2. The first-order valence-electron chi connectivity index (χ1n) is 6.97. The third-order valence-electron chi connectivity index (χ3n) is 3.31. The summed E-state index contributed by atoms with van der Waals surface area (Å²) in [6, 6.07) is 9.20. The van der Waals surface area contributed by atoms with E-state index in [1.54, 1.807) is 0 Å². The third-order valence-corrected chi connectivity index (χ3v) is 3.31. The number of benzene rings is 1. The minimum Gasteiger partial charge on any atom is -0.449 e. The van der Waals surface area contributed by atoms with Crippen LogP contribution in [0.3, 0.4) is 0 Å². The van der Waals surface area contributed by atoms with Gasteiger partial charge in [-0.3, -0.25) is 9.69 Å². The molecule has 1 aliphatic heterocycles. The number of rotatable bonds is 5. The van der Waals surface area contributed by atoms with Crippen molar-refractivity contribution in [2.24, 2.45) is 0 Å². The second-order valence-corrected chi connectivity index (χ2v) is 4.76. The molecule has 0 bridgehead atoms. The van der Waals surface area contributed by atoms with E-state index in [2.05, 4.69) is 5.32 Å². The molecule has 1 aromatic carbocycles. The molecule has 20 heavy (non-hydrogen) atoms. The molecule has 0 aromatic heterocycles. The van der Waals surface area contributed by atoms with Crippen molar-refractivity contribution in [3.8, 4) is 0 Å². The summed E-state index contributed by atoms with van der Waals surface area (Å²) in [5, 5.41) is 2.80. The number of ether oxygens (including phenoxy) is 1. The number of likely N-dealkylation sites (N-methyl/N-ethyl adjacent to an activating group) is 1. The van der Waals surface area contributed by atoms with E-state index in [1.807, 2.05) is 37.3 Å². The number of hydrogen-bond acceptors (Lipinski definition) is 3. The summed E-state index contributed by atoms with van der Waals surface area (Å²) in [5.74, 6) is -0.129. The molecule has 1 N–H and O–H groups in total. The van der Waals surface area contributed by atoms with Crippen LogP contribution in [0.15, 0.2) is 30.3 Å². The summed E-state index contributed by atoms with van der Waals surface area (Å²) in [4.78, 5) is 25.6. The Balaban J connectivity index is 2.15. The van der Waals surface area contributed by atoms with Gasteiger partial charge in [0.15, 0.2) is 0 Å². The minimum atomic E-state index is -0.509. The molecule has 0 saturated carbocycles. The summed E-state index contributed by atoms with van der Waals surface area (Å²) < 4.78 is 5.04. The van der Waals surface area contributed by atoms with Crippen LogP contribution in [0.5, 0.6) is 0 Å². The zero-order valence-electron chi connectivity index (χ0n) is 11.7. The lowest BCUT2D eigenvalue weighted by Crippen LogP contribution is -2.53. The summed E-state index contributed by atoms with van der Waals surface area (Å²) in [7, 11) is 0. The lowest BCUT2D eigenvalue weighted by atomic mass is 10.0. The van der Waals surface area contributed by atoms with Gasteiger partial charge in [0.25, 0.3) is 0 Å². The molecule has 0 aliphatic carbocycles. The Morgan fingerprint density at radius 1 is 1.40 bits per heavy atom. The van der Waals surface area contributed by atoms with Gasteiger partial charge in [0.1, 0.15) is 6.04 Å². The van der Waals surface area contributed by atoms with Crippen LogP contribution in [0.25, 0.3) is 0 Å². The molecule has 1 aromatic rings. The first-order chi connectivity index (χ1) is 9.72. The van der Waals surface area contributed by atoms with Crippen LogP contribution < -0.4 is 5.32 Å². The highest BCUT2D eigenvalue weighted by Gasteiger charge is 2.32. The van der Waals surface area contributed by atoms with E-state index in [-0.39, 0.29) is 5.91 Å². The third kappa shape index (κ3) is 3.50. The Morgan fingerprint density at radius 2 is 2.15 bits per heavy atom. The fraction of sp³-hybridized carbons (Fsp3) is 0.467. The standard InChI is InChI=1S/C15H20N2O3/c1-2-16-14(18)13(11-12-7-4-3-5-8-12)17-9-6-10-20-15(17)19/h3-5,7-8,13H,2,6,9-11H2,1H3,(H,16,18). The number of amides is 2. The van der Waals surface area contributed by atoms with E-state index in [9.17, 15) is 9.59 Å². The van der Waals surface area contributed by atoms with Crippen molar-refractivity contribution in [1.29, 1.82) is 0 Å². The van der Waals surface area contributed by atoms with Gasteiger partial charge in [-0.2, -0.15) is 0 Å². The van der Waals surface area contributed by atoms with Gasteiger partial charge >= 0.3 is 6.09 Å². The highest BCUT2D eigenvalue weighted by atomic mass is 16.6. The van der Waals surface area contributed by atoms with Gasteiger partial charge in [-0.1, -0.05) is 30.3 Å². The number of nitrogens with zero attached hydrogens (tertiary/aromatic N) is 1. The number of cyclic esters (lactones) is 1. The van der Waals surface area contributed by atoms with Crippen LogP contribution >= 0.6 is 0 Å². The second-order valence-electron chi connectivity index (χ2n) is 4.76. The van der Waals surface area contributed by atoms with E-state index in [0.29, 0.717) is 26.1 Å². The monoisotopic (exact) mass is 276 g/mol. The van der Waals surface area contributed by atoms with E-state index in [0.717, 1.165) is 12.0 Å². The molecule has 1 atom stereocenters. The lowest BCUT2D eigenvalue weighted by molar-refractivity contribution is -0.126. The van der Waals surface area contributed by atoms with Crippen LogP contribution in [0.4, 0.5) is 4.79 Å². The first kappa shape index (κ1) is 14.4. The summed E-state index contributed by atoms with van der Waals surface area (Å²) in [6.07, 6.45) is 0.863. The fourth-order valence-electron chi connectivity index (χ4n) is 2.33. The maximum absolute atomic E-state index is 12.2. The molecule has 1 saturated heterocycles. The maximum Gasteiger partial charge on any atom is 0.410 e. The summed E-state index contributed by atoms with van der Waals surface area (Å²) in [6.45, 7) is 3.41. The van der Waals surface area contributed by atoms with E-state index in [4.69, 9.17) is 4.74 Å². The van der Waals surface area contributed by atoms with Crippen LogP contribution in [0.1, 0.15) is 18.9 Å². The van der Waals surface area contributed by atoms with Gasteiger partial charge in [0, 0.05) is 19.5 Å². The van der Waals surface area contributed by atoms with Crippen molar-refractivity contribution < 1.29 is 14.3 Å². The van der Waals surface area contributed by atoms with Crippen molar-refractivity contribution in [2.75, 3.05) is 19.7 Å². The van der Waals surface area contributed by atoms with E-state index < -0.39 is 12.1 Å². The number of carbonyl (C=O) groups is 2. The SMILES string of the molecule is CCNC(=O)C(Cc1ccccc1)N1CCCOC1=O. The van der Waals surface area contributed by atoms with Gasteiger partial charge in [-0.25, -0.2) is 4.79 Å². The molecule has 0 radical (unpaired) electrons. The summed E-state index contributed by atoms with van der Waals surface area (Å²) in [5.41, 5.74) is 1.03. The molecule has 1 unspecified atom stereocenters. The average molecular weight is 276 g/mol. The van der Waals surface area contributed by atoms with E-state index >= 15 is 0 Å². The average Bonchev–Trinajstić information content (AvgIpc) is 2.47. The van der Waals surface area contributed by atoms with Crippen LogP contribution in [0, 0.1) is 0 Å². The molecule has 5 nitrogen and oxygen atoms in total. The van der Waals surface area contributed by atoms with Crippen molar-refractivity contribution in [3.63, 3.8) is 0 Å². The second kappa shape index (κ2) is 6.93. The molecular weight excluding hydrogens is 256 g/mol. The van der Waals surface area contributed by atoms with Gasteiger partial charge < -0.3 is 10.1 Å². The molecule has 2 amide bonds. The smallest absolute Gasteiger partial charge is 0.410 e. The molecule has 1 aliphatic rings. The Hall–Kier alpha value is -2.04. The zero-order chi connectivity index (χ0) is 14.4. The predicted octanol–water partition coefficient (Wildman–Crippen LogP) is 1.58. The van der Waals surface area contributed by atoms with Crippen molar-refractivity contribution in [2.45, 2.75) is 25.8 Å². The Morgan fingerprint density at radius 3 is 2.80 bits per heavy atom. The van der Waals surface area contributed by atoms with E-state index in [1.165, 1.54) is 4.90 Å². The Bertz CT molecular complexity index is 461. The summed E-state index contributed by atoms with van der Waals surface area (Å²) >= 11 is 0. The van der Waals surface area contributed by atoms with Crippen molar-refractivity contribution in [3.05, 3.63) is 35.9 Å².